The molecule has 1 N–H and O–H groups in total. The molecular weight excluding hydrogens is 205 g/mol. The van der Waals surface area contributed by atoms with E-state index in [2.05, 4.69) is 0 Å². The Kier molecular flexibility index (Phi) is 2.17. The van der Waals surface area contributed by atoms with Crippen molar-refractivity contribution >= 4 is 0 Å². The largest absolute Gasteiger partial charge is 0.508 e. The molecule has 0 amide bonds. The molecule has 1 fully saturated rings. The number of phenolic OH excluding ortho intramolecular Hbond substituents is 1. The topological polar surface area (TPSA) is 20.2 Å². The first-order valence-corrected chi connectivity index (χ1v) is 4.80. The van der Waals surface area contributed by atoms with E-state index in [1.807, 2.05) is 0 Å². The lowest BCUT2D eigenvalue weighted by Gasteiger charge is -2.14. The summed E-state index contributed by atoms with van der Waals surface area (Å²) in [5.74, 6) is -0.0713. The van der Waals surface area contributed by atoms with Gasteiger partial charge in [-0.3, -0.25) is 0 Å². The second-order valence-corrected chi connectivity index (χ2v) is 4.00. The van der Waals surface area contributed by atoms with Gasteiger partial charge in [-0.25, -0.2) is 0 Å². The van der Waals surface area contributed by atoms with Gasteiger partial charge in [0.2, 0.25) is 0 Å². The molecule has 15 heavy (non-hydrogen) atoms. The number of aryl methyl sites for hydroxylation is 1. The third-order valence-corrected chi connectivity index (χ3v) is 2.69. The zero-order chi connectivity index (χ0) is 11.2. The van der Waals surface area contributed by atoms with Crippen LogP contribution in [0.25, 0.3) is 0 Å². The smallest absolute Gasteiger partial charge is 0.416 e. The molecule has 4 heteroatoms. The lowest BCUT2D eigenvalue weighted by atomic mass is 9.99. The van der Waals surface area contributed by atoms with Gasteiger partial charge < -0.3 is 5.11 Å². The van der Waals surface area contributed by atoms with Crippen molar-refractivity contribution in [2.75, 3.05) is 0 Å². The Morgan fingerprint density at radius 3 is 2.33 bits per heavy atom. The summed E-state index contributed by atoms with van der Waals surface area (Å²) in [5, 5.41) is 9.40. The molecule has 1 aromatic rings. The number of hydrogen-bond donors (Lipinski definition) is 1. The molecule has 1 aromatic carbocycles. The van der Waals surface area contributed by atoms with Crippen LogP contribution in [0.4, 0.5) is 13.2 Å². The molecule has 1 aliphatic rings. The lowest BCUT2D eigenvalue weighted by Crippen LogP contribution is -2.09. The van der Waals surface area contributed by atoms with Crippen molar-refractivity contribution in [2.45, 2.75) is 31.9 Å². The minimum atomic E-state index is -4.32. The normalized spacial score (nSPS) is 16.8. The van der Waals surface area contributed by atoms with Crippen LogP contribution in [0.5, 0.6) is 5.75 Å². The van der Waals surface area contributed by atoms with E-state index < -0.39 is 11.7 Å². The van der Waals surface area contributed by atoms with Gasteiger partial charge in [0.05, 0.1) is 5.56 Å². The van der Waals surface area contributed by atoms with Gasteiger partial charge in [-0.05, 0) is 48.9 Å². The van der Waals surface area contributed by atoms with Crippen molar-refractivity contribution in [1.29, 1.82) is 0 Å². The molecule has 0 aliphatic heterocycles. The Labute approximate surface area is 85.5 Å². The van der Waals surface area contributed by atoms with Crippen molar-refractivity contribution in [3.63, 3.8) is 0 Å². The fourth-order valence-electron chi connectivity index (χ4n) is 1.69. The molecule has 82 valence electrons. The average Bonchev–Trinajstić information content (AvgIpc) is 2.89. The number of rotatable bonds is 1. The number of phenols is 1. The summed E-state index contributed by atoms with van der Waals surface area (Å²) in [4.78, 5) is 0. The number of hydrogen-bond acceptors (Lipinski definition) is 1. The quantitative estimate of drug-likeness (QED) is 0.760. The van der Waals surface area contributed by atoms with E-state index >= 15 is 0 Å². The molecule has 0 spiro atoms. The molecule has 0 radical (unpaired) electrons. The highest BCUT2D eigenvalue weighted by atomic mass is 19.4. The van der Waals surface area contributed by atoms with E-state index in [4.69, 9.17) is 0 Å². The SMILES string of the molecule is Cc1cc(C(F)(F)F)c(C2CC2)cc1O. The van der Waals surface area contributed by atoms with Gasteiger partial charge in [-0.15, -0.1) is 0 Å². The monoisotopic (exact) mass is 216 g/mol. The molecule has 0 atom stereocenters. The first-order valence-electron chi connectivity index (χ1n) is 4.80. The lowest BCUT2D eigenvalue weighted by molar-refractivity contribution is -0.138. The third kappa shape index (κ3) is 1.94. The fourth-order valence-corrected chi connectivity index (χ4v) is 1.69. The van der Waals surface area contributed by atoms with E-state index in [0.717, 1.165) is 18.9 Å². The third-order valence-electron chi connectivity index (χ3n) is 2.69. The Hall–Kier alpha value is -1.19. The van der Waals surface area contributed by atoms with Crippen LogP contribution >= 0.6 is 0 Å². The van der Waals surface area contributed by atoms with Gasteiger partial charge in [0.15, 0.2) is 0 Å². The van der Waals surface area contributed by atoms with Crippen LogP contribution in [0.15, 0.2) is 12.1 Å². The maximum atomic E-state index is 12.7. The van der Waals surface area contributed by atoms with Gasteiger partial charge in [-0.2, -0.15) is 13.2 Å². The summed E-state index contributed by atoms with van der Waals surface area (Å²) in [7, 11) is 0. The first-order chi connectivity index (χ1) is 6.89. The standard InChI is InChI=1S/C11H11F3O/c1-6-4-9(11(12,13)14)8(5-10(6)15)7-2-3-7/h4-5,7,15H,2-3H2,1H3. The number of benzene rings is 1. The average molecular weight is 216 g/mol. The van der Waals surface area contributed by atoms with E-state index in [9.17, 15) is 18.3 Å². The summed E-state index contributed by atoms with van der Waals surface area (Å²) in [6.07, 6.45) is -2.76. The van der Waals surface area contributed by atoms with Crippen molar-refractivity contribution in [3.8, 4) is 5.75 Å². The van der Waals surface area contributed by atoms with Crippen LogP contribution in [0.2, 0.25) is 0 Å². The molecule has 1 nitrogen and oxygen atoms in total. The van der Waals surface area contributed by atoms with Gasteiger partial charge >= 0.3 is 6.18 Å². The number of halogens is 3. The van der Waals surface area contributed by atoms with Crippen LogP contribution in [0, 0.1) is 6.92 Å². The van der Waals surface area contributed by atoms with Crippen molar-refractivity contribution in [1.82, 2.24) is 0 Å². The van der Waals surface area contributed by atoms with Crippen molar-refractivity contribution in [3.05, 3.63) is 28.8 Å². The molecule has 0 saturated heterocycles. The van der Waals surface area contributed by atoms with Crippen LogP contribution in [0.1, 0.15) is 35.4 Å². The number of aromatic hydroxyl groups is 1. The highest BCUT2D eigenvalue weighted by Crippen LogP contribution is 2.47. The highest BCUT2D eigenvalue weighted by Gasteiger charge is 2.38. The maximum Gasteiger partial charge on any atom is 0.416 e. The molecule has 1 aliphatic carbocycles. The summed E-state index contributed by atoms with van der Waals surface area (Å²) in [6.45, 7) is 1.47. The summed E-state index contributed by atoms with van der Waals surface area (Å²) in [6, 6.07) is 2.29. The highest BCUT2D eigenvalue weighted by molar-refractivity contribution is 5.45. The number of alkyl halides is 3. The van der Waals surface area contributed by atoms with Gasteiger partial charge in [0, 0.05) is 0 Å². The second-order valence-electron chi connectivity index (χ2n) is 4.00. The van der Waals surface area contributed by atoms with E-state index in [1.54, 1.807) is 0 Å². The maximum absolute atomic E-state index is 12.7. The Bertz CT molecular complexity index is 392. The fraction of sp³-hybridized carbons (Fsp3) is 0.455. The molecule has 0 unspecified atom stereocenters. The van der Waals surface area contributed by atoms with Gasteiger partial charge in [0.25, 0.3) is 0 Å². The summed E-state index contributed by atoms with van der Waals surface area (Å²) >= 11 is 0. The predicted molar refractivity (Wildman–Crippen MR) is 49.8 cm³/mol. The van der Waals surface area contributed by atoms with Gasteiger partial charge in [0.1, 0.15) is 5.75 Å². The van der Waals surface area contributed by atoms with Crippen LogP contribution in [-0.2, 0) is 6.18 Å². The van der Waals surface area contributed by atoms with E-state index in [0.29, 0.717) is 0 Å². The Morgan fingerprint density at radius 1 is 1.27 bits per heavy atom. The molecule has 0 bridgehead atoms. The first kappa shape index (κ1) is 10.3. The Morgan fingerprint density at radius 2 is 1.87 bits per heavy atom. The van der Waals surface area contributed by atoms with Crippen LogP contribution < -0.4 is 0 Å². The van der Waals surface area contributed by atoms with Crippen LogP contribution in [-0.4, -0.2) is 5.11 Å². The minimum Gasteiger partial charge on any atom is -0.508 e. The Balaban J connectivity index is 2.55. The zero-order valence-electron chi connectivity index (χ0n) is 8.23. The van der Waals surface area contributed by atoms with Crippen molar-refractivity contribution in [2.24, 2.45) is 0 Å². The predicted octanol–water partition coefficient (Wildman–Crippen LogP) is 3.60. The summed E-state index contributed by atoms with van der Waals surface area (Å²) < 4.78 is 38.0. The molecule has 0 heterocycles. The second kappa shape index (κ2) is 3.15. The van der Waals surface area contributed by atoms with Gasteiger partial charge in [-0.1, -0.05) is 0 Å². The van der Waals surface area contributed by atoms with Crippen LogP contribution in [0.3, 0.4) is 0 Å². The summed E-state index contributed by atoms with van der Waals surface area (Å²) in [5.41, 5.74) is -0.0855. The molecular formula is C11H11F3O. The van der Waals surface area contributed by atoms with Crippen molar-refractivity contribution < 1.29 is 18.3 Å². The minimum absolute atomic E-state index is 0.0203. The molecule has 1 saturated carbocycles. The van der Waals surface area contributed by atoms with E-state index in [-0.39, 0.29) is 22.8 Å². The zero-order valence-corrected chi connectivity index (χ0v) is 8.23. The molecule has 2 rings (SSSR count). The van der Waals surface area contributed by atoms with E-state index in [1.165, 1.54) is 13.0 Å². The molecule has 0 aromatic heterocycles.